The largest absolute Gasteiger partial charge is 0.465 e. The topological polar surface area (TPSA) is 69.8 Å². The Balaban J connectivity index is 0.00000135. The molecule has 0 amide bonds. The van der Waals surface area contributed by atoms with Crippen LogP contribution in [0.15, 0.2) is 30.3 Å². The summed E-state index contributed by atoms with van der Waals surface area (Å²) in [6.07, 6.45) is 3.02. The van der Waals surface area contributed by atoms with Gasteiger partial charge in [-0.15, -0.1) is 5.10 Å². The van der Waals surface area contributed by atoms with E-state index in [2.05, 4.69) is 27.2 Å². The summed E-state index contributed by atoms with van der Waals surface area (Å²) in [7, 11) is 0. The number of hydrogen-bond donors (Lipinski definition) is 0. The van der Waals surface area contributed by atoms with Crippen LogP contribution in [-0.2, 0) is 0 Å². The van der Waals surface area contributed by atoms with E-state index in [1.165, 1.54) is 32.5 Å². The molecule has 6 heteroatoms. The molecule has 1 saturated carbocycles. The number of rotatable bonds is 3. The van der Waals surface area contributed by atoms with Gasteiger partial charge in [-0.1, -0.05) is 46.8 Å². The first-order chi connectivity index (χ1) is 10.8. The van der Waals surface area contributed by atoms with Gasteiger partial charge in [-0.2, -0.15) is 0 Å². The van der Waals surface area contributed by atoms with Crippen LogP contribution in [0.4, 0.5) is 0 Å². The molecule has 1 aliphatic carbocycles. The molecule has 4 bridgehead atoms. The molecular weight excluding hydrogens is 310 g/mol. The molecule has 4 fully saturated rings. The van der Waals surface area contributed by atoms with Crippen molar-refractivity contribution in [2.24, 2.45) is 17.8 Å². The monoisotopic (exact) mass is 331 g/mol. The van der Waals surface area contributed by atoms with E-state index < -0.39 is 0 Å². The lowest BCUT2D eigenvalue weighted by Gasteiger charge is -2.54. The molecule has 23 heavy (non-hydrogen) atoms. The molecule has 0 radical (unpaired) electrons. The first kappa shape index (κ1) is 15.1. The molecule has 2 atom stereocenters. The van der Waals surface area contributed by atoms with Crippen molar-refractivity contribution in [1.82, 2.24) is 15.1 Å². The van der Waals surface area contributed by atoms with Crippen molar-refractivity contribution in [3.8, 4) is 15.8 Å². The fourth-order valence-electron chi connectivity index (χ4n) is 4.63. The van der Waals surface area contributed by atoms with Crippen molar-refractivity contribution in [2.75, 3.05) is 19.6 Å². The Morgan fingerprint density at radius 1 is 1.00 bits per heavy atom. The number of piperidine rings is 3. The average molecular weight is 331 g/mol. The summed E-state index contributed by atoms with van der Waals surface area (Å²) in [6.45, 7) is 3.74. The molecule has 1 aromatic carbocycles. The Hall–Kier alpha value is -1.50. The van der Waals surface area contributed by atoms with Crippen molar-refractivity contribution in [3.05, 3.63) is 30.3 Å². The molecular formula is C17H21N3O2S. The second-order valence-corrected chi connectivity index (χ2v) is 7.84. The average Bonchev–Trinajstić information content (AvgIpc) is 3.00. The molecule has 2 aromatic rings. The molecule has 6 rings (SSSR count). The van der Waals surface area contributed by atoms with Crippen LogP contribution in [0.25, 0.3) is 10.6 Å². The highest BCUT2D eigenvalue weighted by molar-refractivity contribution is 7.16. The van der Waals surface area contributed by atoms with Gasteiger partial charge in [0.1, 0.15) is 6.10 Å². The molecule has 1 aromatic heterocycles. The summed E-state index contributed by atoms with van der Waals surface area (Å²) in [5.41, 5.74) is 1.12. The van der Waals surface area contributed by atoms with Crippen LogP contribution in [0.2, 0.25) is 0 Å². The zero-order valence-corrected chi connectivity index (χ0v) is 13.7. The van der Waals surface area contributed by atoms with Gasteiger partial charge in [0.05, 0.1) is 0 Å². The molecule has 4 heterocycles. The van der Waals surface area contributed by atoms with E-state index in [1.807, 2.05) is 18.2 Å². The Kier molecular flexibility index (Phi) is 3.83. The number of benzene rings is 1. The highest BCUT2D eigenvalue weighted by atomic mass is 32.1. The lowest BCUT2D eigenvalue weighted by atomic mass is 9.66. The Morgan fingerprint density at radius 3 is 2.43 bits per heavy atom. The van der Waals surface area contributed by atoms with Gasteiger partial charge in [0.25, 0.3) is 5.19 Å². The fraction of sp³-hybridized carbons (Fsp3) is 0.529. The predicted molar refractivity (Wildman–Crippen MR) is 89.5 cm³/mol. The van der Waals surface area contributed by atoms with Crippen molar-refractivity contribution in [3.63, 3.8) is 0 Å². The van der Waals surface area contributed by atoms with Crippen LogP contribution in [0.3, 0.4) is 0 Å². The smallest absolute Gasteiger partial charge is 0.294 e. The van der Waals surface area contributed by atoms with Gasteiger partial charge >= 0.3 is 0 Å². The highest BCUT2D eigenvalue weighted by Crippen LogP contribution is 2.45. The van der Waals surface area contributed by atoms with E-state index in [0.717, 1.165) is 21.7 Å². The van der Waals surface area contributed by atoms with Crippen LogP contribution < -0.4 is 4.74 Å². The summed E-state index contributed by atoms with van der Waals surface area (Å²) < 4.78 is 6.31. The molecule has 3 saturated heterocycles. The van der Waals surface area contributed by atoms with E-state index in [0.29, 0.717) is 17.9 Å². The van der Waals surface area contributed by atoms with Gasteiger partial charge < -0.3 is 15.1 Å². The van der Waals surface area contributed by atoms with Gasteiger partial charge in [0.2, 0.25) is 0 Å². The molecule has 5 nitrogen and oxygen atoms in total. The quantitative estimate of drug-likeness (QED) is 0.863. The van der Waals surface area contributed by atoms with E-state index in [9.17, 15) is 0 Å². The summed E-state index contributed by atoms with van der Waals surface area (Å²) in [6, 6.07) is 10.2. The summed E-state index contributed by atoms with van der Waals surface area (Å²) in [4.78, 5) is 2.63. The molecule has 2 unspecified atom stereocenters. The molecule has 0 spiro atoms. The Labute approximate surface area is 139 Å². The minimum Gasteiger partial charge on any atom is -0.465 e. The van der Waals surface area contributed by atoms with Gasteiger partial charge in [-0.3, -0.25) is 0 Å². The van der Waals surface area contributed by atoms with Crippen molar-refractivity contribution in [1.29, 1.82) is 0 Å². The third-order valence-electron chi connectivity index (χ3n) is 5.37. The van der Waals surface area contributed by atoms with Gasteiger partial charge in [0.15, 0.2) is 5.01 Å². The van der Waals surface area contributed by atoms with Crippen LogP contribution in [0.5, 0.6) is 5.19 Å². The lowest BCUT2D eigenvalue weighted by Crippen LogP contribution is -2.61. The summed E-state index contributed by atoms with van der Waals surface area (Å²) >= 11 is 1.57. The first-order valence-electron chi connectivity index (χ1n) is 8.13. The van der Waals surface area contributed by atoms with Gasteiger partial charge in [-0.25, -0.2) is 0 Å². The second kappa shape index (κ2) is 5.85. The lowest BCUT2D eigenvalue weighted by molar-refractivity contribution is -0.0986. The van der Waals surface area contributed by atoms with Crippen molar-refractivity contribution >= 4 is 11.3 Å². The zero-order valence-electron chi connectivity index (χ0n) is 12.9. The third kappa shape index (κ3) is 2.65. The van der Waals surface area contributed by atoms with Crippen molar-refractivity contribution < 1.29 is 10.2 Å². The maximum atomic E-state index is 6.31. The van der Waals surface area contributed by atoms with Gasteiger partial charge in [-0.05, 0) is 18.8 Å². The minimum absolute atomic E-state index is 0. The first-order valence-corrected chi connectivity index (χ1v) is 8.95. The van der Waals surface area contributed by atoms with E-state index in [1.54, 1.807) is 11.3 Å². The third-order valence-corrected chi connectivity index (χ3v) is 6.23. The highest BCUT2D eigenvalue weighted by Gasteiger charge is 2.49. The Bertz CT molecular complexity index is 647. The summed E-state index contributed by atoms with van der Waals surface area (Å²) in [5, 5.41) is 10.3. The molecule has 3 aliphatic heterocycles. The normalized spacial score (nSPS) is 34.2. The number of nitrogens with zero attached hydrogens (tertiary/aromatic N) is 3. The molecule has 122 valence electrons. The molecule has 4 aliphatic rings. The van der Waals surface area contributed by atoms with Crippen LogP contribution in [0.1, 0.15) is 12.8 Å². The minimum atomic E-state index is 0. The van der Waals surface area contributed by atoms with Crippen LogP contribution in [0, 0.1) is 17.8 Å². The molecule has 2 N–H and O–H groups in total. The number of ether oxygens (including phenoxy) is 1. The SMILES string of the molecule is O.c1ccc(-c2nnc(OC3C4CC5CC3CN(C5)C4)s2)cc1. The van der Waals surface area contributed by atoms with Crippen LogP contribution in [-0.4, -0.2) is 46.3 Å². The second-order valence-electron chi connectivity index (χ2n) is 6.90. The fourth-order valence-corrected chi connectivity index (χ4v) is 5.37. The maximum absolute atomic E-state index is 6.31. The standard InChI is InChI=1S/C17H19N3OS.H2O/c1-2-4-12(5-3-1)16-18-19-17(22-16)21-15-13-6-11-7-14(15)10-20(8-11)9-13;/h1-5,11,13-15H,6-10H2;1H2. The van der Waals surface area contributed by atoms with Crippen LogP contribution >= 0.6 is 11.3 Å². The predicted octanol–water partition coefficient (Wildman–Crippen LogP) is 2.10. The summed E-state index contributed by atoms with van der Waals surface area (Å²) in [5.74, 6) is 2.29. The zero-order chi connectivity index (χ0) is 14.5. The van der Waals surface area contributed by atoms with Crippen molar-refractivity contribution in [2.45, 2.75) is 18.9 Å². The Morgan fingerprint density at radius 2 is 1.74 bits per heavy atom. The number of aromatic nitrogens is 2. The van der Waals surface area contributed by atoms with E-state index in [4.69, 9.17) is 4.74 Å². The van der Waals surface area contributed by atoms with Gasteiger partial charge in [0, 0.05) is 37.0 Å². The number of hydrogen-bond acceptors (Lipinski definition) is 5. The maximum Gasteiger partial charge on any atom is 0.294 e. The van der Waals surface area contributed by atoms with E-state index >= 15 is 0 Å². The van der Waals surface area contributed by atoms with E-state index in [-0.39, 0.29) is 5.48 Å².